The first-order chi connectivity index (χ1) is 7.36. The topological polar surface area (TPSA) is 54.4 Å². The van der Waals surface area contributed by atoms with E-state index >= 15 is 0 Å². The monoisotopic (exact) mass is 210 g/mol. The lowest BCUT2D eigenvalue weighted by Crippen LogP contribution is -2.33. The van der Waals surface area contributed by atoms with Gasteiger partial charge in [-0.15, -0.1) is 0 Å². The highest BCUT2D eigenvalue weighted by atomic mass is 16.5. The van der Waals surface area contributed by atoms with E-state index in [0.29, 0.717) is 13.0 Å². The van der Waals surface area contributed by atoms with Crippen molar-refractivity contribution in [2.24, 2.45) is 0 Å². The summed E-state index contributed by atoms with van der Waals surface area (Å²) in [5.74, 6) is 0. The Kier molecular flexibility index (Phi) is 5.92. The minimum absolute atomic E-state index is 0.175. The molecule has 15 heavy (non-hydrogen) atoms. The van der Waals surface area contributed by atoms with Crippen LogP contribution < -0.4 is 5.32 Å². The summed E-state index contributed by atoms with van der Waals surface area (Å²) < 4.78 is 5.06. The lowest BCUT2D eigenvalue weighted by molar-refractivity contribution is 0.148. The van der Waals surface area contributed by atoms with E-state index in [-0.39, 0.29) is 12.6 Å². The van der Waals surface area contributed by atoms with E-state index < -0.39 is 0 Å². The summed E-state index contributed by atoms with van der Waals surface area (Å²) in [6.45, 7) is 1.54. The standard InChI is InChI=1S/C11H18N2O2/c1-15-9-11(4-6-14)13-8-10-3-2-5-12-7-10/h2-3,5,7,11,13-14H,4,6,8-9H2,1H3. The summed E-state index contributed by atoms with van der Waals surface area (Å²) in [5.41, 5.74) is 1.14. The Bertz CT molecular complexity index is 248. The van der Waals surface area contributed by atoms with Crippen molar-refractivity contribution < 1.29 is 9.84 Å². The van der Waals surface area contributed by atoms with Crippen LogP contribution in [0.4, 0.5) is 0 Å². The third kappa shape index (κ3) is 4.88. The number of nitrogens with zero attached hydrogens (tertiary/aromatic N) is 1. The van der Waals surface area contributed by atoms with Gasteiger partial charge in [0.15, 0.2) is 0 Å². The first-order valence-corrected chi connectivity index (χ1v) is 5.09. The molecule has 4 nitrogen and oxygen atoms in total. The van der Waals surface area contributed by atoms with Crippen molar-refractivity contribution >= 4 is 0 Å². The number of ether oxygens (including phenoxy) is 1. The molecule has 0 saturated carbocycles. The maximum absolute atomic E-state index is 8.85. The molecule has 0 fully saturated rings. The predicted octanol–water partition coefficient (Wildman–Crippen LogP) is 0.569. The number of methoxy groups -OCH3 is 1. The van der Waals surface area contributed by atoms with E-state index in [0.717, 1.165) is 12.1 Å². The Morgan fingerprint density at radius 1 is 1.60 bits per heavy atom. The van der Waals surface area contributed by atoms with Gasteiger partial charge in [-0.2, -0.15) is 0 Å². The largest absolute Gasteiger partial charge is 0.396 e. The third-order valence-electron chi connectivity index (χ3n) is 2.16. The Hall–Kier alpha value is -0.970. The van der Waals surface area contributed by atoms with Crippen LogP contribution in [0.5, 0.6) is 0 Å². The van der Waals surface area contributed by atoms with Crippen LogP contribution in [0.25, 0.3) is 0 Å². The van der Waals surface area contributed by atoms with E-state index in [1.54, 1.807) is 13.3 Å². The maximum atomic E-state index is 8.85. The molecule has 0 saturated heterocycles. The van der Waals surface area contributed by atoms with Crippen LogP contribution in [0.2, 0.25) is 0 Å². The number of hydrogen-bond acceptors (Lipinski definition) is 4. The van der Waals surface area contributed by atoms with Crippen molar-refractivity contribution in [1.29, 1.82) is 0 Å². The lowest BCUT2D eigenvalue weighted by atomic mass is 10.2. The number of hydrogen-bond donors (Lipinski definition) is 2. The second kappa shape index (κ2) is 7.34. The fourth-order valence-corrected chi connectivity index (χ4v) is 1.37. The summed E-state index contributed by atoms with van der Waals surface area (Å²) in [6, 6.07) is 4.12. The highest BCUT2D eigenvalue weighted by Gasteiger charge is 2.06. The molecular weight excluding hydrogens is 192 g/mol. The number of aromatic nitrogens is 1. The van der Waals surface area contributed by atoms with Crippen LogP contribution in [-0.2, 0) is 11.3 Å². The van der Waals surface area contributed by atoms with Gasteiger partial charge < -0.3 is 15.2 Å². The van der Waals surface area contributed by atoms with E-state index in [1.807, 2.05) is 18.3 Å². The van der Waals surface area contributed by atoms with Gasteiger partial charge in [-0.1, -0.05) is 6.07 Å². The van der Waals surface area contributed by atoms with Crippen LogP contribution in [0.1, 0.15) is 12.0 Å². The summed E-state index contributed by atoms with van der Waals surface area (Å²) in [4.78, 5) is 4.03. The molecule has 1 aromatic heterocycles. The molecule has 0 spiro atoms. The minimum atomic E-state index is 0.175. The molecule has 0 aliphatic carbocycles. The molecule has 4 heteroatoms. The number of pyridine rings is 1. The molecule has 1 atom stereocenters. The van der Waals surface area contributed by atoms with Crippen LogP contribution in [0.3, 0.4) is 0 Å². The van der Waals surface area contributed by atoms with Crippen LogP contribution in [-0.4, -0.2) is 36.5 Å². The molecule has 0 radical (unpaired) electrons. The van der Waals surface area contributed by atoms with Gasteiger partial charge in [0.2, 0.25) is 0 Å². The van der Waals surface area contributed by atoms with Crippen molar-refractivity contribution in [2.45, 2.75) is 19.0 Å². The molecule has 0 bridgehead atoms. The van der Waals surface area contributed by atoms with E-state index in [2.05, 4.69) is 10.3 Å². The third-order valence-corrected chi connectivity index (χ3v) is 2.16. The Balaban J connectivity index is 2.33. The van der Waals surface area contributed by atoms with Crippen LogP contribution in [0.15, 0.2) is 24.5 Å². The van der Waals surface area contributed by atoms with Gasteiger partial charge >= 0.3 is 0 Å². The zero-order chi connectivity index (χ0) is 10.9. The number of nitrogens with one attached hydrogen (secondary N) is 1. The molecule has 0 aromatic carbocycles. The van der Waals surface area contributed by atoms with E-state index in [9.17, 15) is 0 Å². The number of aliphatic hydroxyl groups excluding tert-OH is 1. The van der Waals surface area contributed by atoms with Crippen molar-refractivity contribution in [2.75, 3.05) is 20.3 Å². The summed E-state index contributed by atoms with van der Waals surface area (Å²) >= 11 is 0. The van der Waals surface area contributed by atoms with E-state index in [1.165, 1.54) is 0 Å². The zero-order valence-electron chi connectivity index (χ0n) is 9.02. The van der Waals surface area contributed by atoms with Gasteiger partial charge in [0, 0.05) is 38.7 Å². The Labute approximate surface area is 90.3 Å². The number of rotatable bonds is 7. The fraction of sp³-hybridized carbons (Fsp3) is 0.545. The maximum Gasteiger partial charge on any atom is 0.0616 e. The molecule has 0 amide bonds. The van der Waals surface area contributed by atoms with Gasteiger partial charge in [0.25, 0.3) is 0 Å². The molecular formula is C11H18N2O2. The zero-order valence-corrected chi connectivity index (χ0v) is 9.02. The fourth-order valence-electron chi connectivity index (χ4n) is 1.37. The average Bonchev–Trinajstić information content (AvgIpc) is 2.28. The molecule has 0 aliphatic heterocycles. The van der Waals surface area contributed by atoms with Gasteiger partial charge in [-0.05, 0) is 18.1 Å². The molecule has 1 unspecified atom stereocenters. The first-order valence-electron chi connectivity index (χ1n) is 5.09. The van der Waals surface area contributed by atoms with Gasteiger partial charge in [-0.3, -0.25) is 4.98 Å². The second-order valence-corrected chi connectivity index (χ2v) is 3.41. The van der Waals surface area contributed by atoms with Crippen molar-refractivity contribution in [3.63, 3.8) is 0 Å². The normalized spacial score (nSPS) is 12.7. The molecule has 0 aliphatic rings. The summed E-state index contributed by atoms with van der Waals surface area (Å²) in [7, 11) is 1.66. The molecule has 1 aromatic rings. The Morgan fingerprint density at radius 2 is 2.47 bits per heavy atom. The second-order valence-electron chi connectivity index (χ2n) is 3.41. The molecule has 1 rings (SSSR count). The van der Waals surface area contributed by atoms with Gasteiger partial charge in [0.1, 0.15) is 0 Å². The van der Waals surface area contributed by atoms with Gasteiger partial charge in [-0.25, -0.2) is 0 Å². The highest BCUT2D eigenvalue weighted by Crippen LogP contribution is 1.98. The highest BCUT2D eigenvalue weighted by molar-refractivity contribution is 5.07. The quantitative estimate of drug-likeness (QED) is 0.691. The summed E-state index contributed by atoms with van der Waals surface area (Å²) in [6.07, 6.45) is 4.29. The van der Waals surface area contributed by atoms with Crippen molar-refractivity contribution in [3.05, 3.63) is 30.1 Å². The minimum Gasteiger partial charge on any atom is -0.396 e. The van der Waals surface area contributed by atoms with E-state index in [4.69, 9.17) is 9.84 Å². The first kappa shape index (κ1) is 12.1. The number of aliphatic hydroxyl groups is 1. The smallest absolute Gasteiger partial charge is 0.0616 e. The SMILES string of the molecule is COCC(CCO)NCc1cccnc1. The van der Waals surface area contributed by atoms with Crippen LogP contribution >= 0.6 is 0 Å². The molecule has 84 valence electrons. The lowest BCUT2D eigenvalue weighted by Gasteiger charge is -2.16. The average molecular weight is 210 g/mol. The van der Waals surface area contributed by atoms with Gasteiger partial charge in [0.05, 0.1) is 6.61 Å². The van der Waals surface area contributed by atoms with Crippen molar-refractivity contribution in [3.8, 4) is 0 Å². The predicted molar refractivity (Wildman–Crippen MR) is 58.4 cm³/mol. The molecule has 1 heterocycles. The summed E-state index contributed by atoms with van der Waals surface area (Å²) in [5, 5.41) is 12.2. The van der Waals surface area contributed by atoms with Crippen LogP contribution in [0, 0.1) is 0 Å². The molecule has 2 N–H and O–H groups in total. The Morgan fingerprint density at radius 3 is 3.07 bits per heavy atom. The van der Waals surface area contributed by atoms with Crippen molar-refractivity contribution in [1.82, 2.24) is 10.3 Å².